The molecule has 5 nitrogen and oxygen atoms in total. The summed E-state index contributed by atoms with van der Waals surface area (Å²) in [5.41, 5.74) is 5.31. The molecule has 7 heteroatoms. The maximum absolute atomic E-state index is 12.5. The molecule has 0 atom stereocenters. The van der Waals surface area contributed by atoms with E-state index >= 15 is 0 Å². The lowest BCUT2D eigenvalue weighted by Crippen LogP contribution is -2.19. The fraction of sp³-hybridized carbons (Fsp3) is 0.143. The highest BCUT2D eigenvalue weighted by atomic mass is 79.9. The van der Waals surface area contributed by atoms with Gasteiger partial charge in [0.05, 0.1) is 23.7 Å². The molecule has 4 aromatic rings. The number of nitrogens with zero attached hydrogens (tertiary/aromatic N) is 1. The first kappa shape index (κ1) is 24.8. The van der Waals surface area contributed by atoms with Crippen LogP contribution in [0.4, 0.5) is 0 Å². The highest BCUT2D eigenvalue weighted by molar-refractivity contribution is 9.10. The average Bonchev–Trinajstić information content (AvgIpc) is 2.85. The van der Waals surface area contributed by atoms with Crippen LogP contribution in [0.5, 0.6) is 11.5 Å². The van der Waals surface area contributed by atoms with Gasteiger partial charge in [-0.25, -0.2) is 5.43 Å². The lowest BCUT2D eigenvalue weighted by Gasteiger charge is -2.14. The third kappa shape index (κ3) is 6.62. The van der Waals surface area contributed by atoms with Gasteiger partial charge in [-0.1, -0.05) is 66.2 Å². The van der Waals surface area contributed by atoms with Crippen molar-refractivity contribution in [2.75, 3.05) is 6.61 Å². The van der Waals surface area contributed by atoms with E-state index in [2.05, 4.69) is 26.5 Å². The molecule has 4 rings (SSSR count). The SMILES string of the molecule is CCOc1cc(/C=N\NC(=O)Cc2cccc3ccccc23)cc(Br)c1OCc1ccc(Cl)cc1. The molecule has 0 unspecified atom stereocenters. The summed E-state index contributed by atoms with van der Waals surface area (Å²) in [5, 5.41) is 6.98. The molecule has 0 heterocycles. The zero-order valence-electron chi connectivity index (χ0n) is 19.1. The molecule has 0 spiro atoms. The minimum atomic E-state index is -0.190. The predicted molar refractivity (Wildman–Crippen MR) is 144 cm³/mol. The molecular formula is C28H24BrClN2O3. The van der Waals surface area contributed by atoms with Crippen LogP contribution in [-0.2, 0) is 17.8 Å². The van der Waals surface area contributed by atoms with E-state index in [9.17, 15) is 4.79 Å². The summed E-state index contributed by atoms with van der Waals surface area (Å²) < 4.78 is 12.5. The van der Waals surface area contributed by atoms with Gasteiger partial charge in [-0.2, -0.15) is 5.10 Å². The second-order valence-electron chi connectivity index (χ2n) is 7.79. The normalized spacial score (nSPS) is 11.1. The second-order valence-corrected chi connectivity index (χ2v) is 9.08. The number of carbonyl (C=O) groups is 1. The van der Waals surface area contributed by atoms with Crippen LogP contribution in [0, 0.1) is 0 Å². The monoisotopic (exact) mass is 550 g/mol. The third-order valence-corrected chi connectivity index (χ3v) is 6.10. The van der Waals surface area contributed by atoms with Crippen molar-refractivity contribution in [1.82, 2.24) is 5.43 Å². The van der Waals surface area contributed by atoms with Gasteiger partial charge in [-0.15, -0.1) is 0 Å². The van der Waals surface area contributed by atoms with Crippen LogP contribution in [0.2, 0.25) is 5.02 Å². The summed E-state index contributed by atoms with van der Waals surface area (Å²) >= 11 is 9.52. The first-order valence-corrected chi connectivity index (χ1v) is 12.3. The molecule has 35 heavy (non-hydrogen) atoms. The molecule has 178 valence electrons. The molecule has 0 fully saturated rings. The average molecular weight is 552 g/mol. The lowest BCUT2D eigenvalue weighted by molar-refractivity contribution is -0.120. The van der Waals surface area contributed by atoms with Crippen LogP contribution in [-0.4, -0.2) is 18.7 Å². The molecule has 0 saturated carbocycles. The van der Waals surface area contributed by atoms with E-state index < -0.39 is 0 Å². The highest BCUT2D eigenvalue weighted by Gasteiger charge is 2.13. The van der Waals surface area contributed by atoms with Crippen molar-refractivity contribution in [2.24, 2.45) is 5.10 Å². The van der Waals surface area contributed by atoms with Crippen molar-refractivity contribution in [3.8, 4) is 11.5 Å². The lowest BCUT2D eigenvalue weighted by atomic mass is 10.0. The van der Waals surface area contributed by atoms with E-state index in [1.54, 1.807) is 6.21 Å². The molecule has 0 saturated heterocycles. The number of carbonyl (C=O) groups excluding carboxylic acids is 1. The first-order valence-electron chi connectivity index (χ1n) is 11.2. The van der Waals surface area contributed by atoms with Crippen molar-refractivity contribution >= 4 is 50.4 Å². The minimum absolute atomic E-state index is 0.190. The van der Waals surface area contributed by atoms with Crippen molar-refractivity contribution in [3.63, 3.8) is 0 Å². The van der Waals surface area contributed by atoms with Crippen molar-refractivity contribution < 1.29 is 14.3 Å². The molecule has 1 N–H and O–H groups in total. The van der Waals surface area contributed by atoms with E-state index in [0.717, 1.165) is 31.9 Å². The van der Waals surface area contributed by atoms with Crippen molar-refractivity contribution in [3.05, 3.63) is 105 Å². The first-order chi connectivity index (χ1) is 17.0. The maximum atomic E-state index is 12.5. The summed E-state index contributed by atoms with van der Waals surface area (Å²) in [7, 11) is 0. The Balaban J connectivity index is 1.42. The zero-order valence-corrected chi connectivity index (χ0v) is 21.5. The van der Waals surface area contributed by atoms with E-state index in [-0.39, 0.29) is 12.3 Å². The van der Waals surface area contributed by atoms with Crippen LogP contribution in [0.15, 0.2) is 88.4 Å². The van der Waals surface area contributed by atoms with Crippen LogP contribution >= 0.6 is 27.5 Å². The molecule has 0 aliphatic rings. The number of halogens is 2. The van der Waals surface area contributed by atoms with Gasteiger partial charge >= 0.3 is 0 Å². The van der Waals surface area contributed by atoms with E-state index in [1.807, 2.05) is 85.8 Å². The number of benzene rings is 4. The highest BCUT2D eigenvalue weighted by Crippen LogP contribution is 2.37. The van der Waals surface area contributed by atoms with Gasteiger partial charge in [0.15, 0.2) is 11.5 Å². The Morgan fingerprint density at radius 1 is 1.03 bits per heavy atom. The Kier molecular flexibility index (Phi) is 8.40. The molecule has 0 radical (unpaired) electrons. The topological polar surface area (TPSA) is 59.9 Å². The summed E-state index contributed by atoms with van der Waals surface area (Å²) in [4.78, 5) is 12.5. The number of rotatable bonds is 9. The smallest absolute Gasteiger partial charge is 0.244 e. The number of hydrazone groups is 1. The van der Waals surface area contributed by atoms with Gasteiger partial charge in [0, 0.05) is 5.02 Å². The number of hydrogen-bond donors (Lipinski definition) is 1. The third-order valence-electron chi connectivity index (χ3n) is 5.26. The zero-order chi connectivity index (χ0) is 24.6. The minimum Gasteiger partial charge on any atom is -0.490 e. The summed E-state index contributed by atoms with van der Waals surface area (Å²) in [6.07, 6.45) is 1.82. The van der Waals surface area contributed by atoms with Gasteiger partial charge < -0.3 is 9.47 Å². The Labute approximate surface area is 217 Å². The summed E-state index contributed by atoms with van der Waals surface area (Å²) in [6.45, 7) is 2.75. The second kappa shape index (κ2) is 11.9. The molecule has 4 aromatic carbocycles. The van der Waals surface area contributed by atoms with Gasteiger partial charge in [0.2, 0.25) is 5.91 Å². The number of nitrogens with one attached hydrogen (secondary N) is 1. The molecular weight excluding hydrogens is 528 g/mol. The van der Waals surface area contributed by atoms with Crippen molar-refractivity contribution in [2.45, 2.75) is 20.0 Å². The Morgan fingerprint density at radius 3 is 2.60 bits per heavy atom. The van der Waals surface area contributed by atoms with Crippen LogP contribution in [0.3, 0.4) is 0 Å². The van der Waals surface area contributed by atoms with E-state index in [1.165, 1.54) is 0 Å². The van der Waals surface area contributed by atoms with Crippen LogP contribution in [0.25, 0.3) is 10.8 Å². The predicted octanol–water partition coefficient (Wildman–Crippen LogP) is 6.93. The van der Waals surface area contributed by atoms with Crippen LogP contribution < -0.4 is 14.9 Å². The Morgan fingerprint density at radius 2 is 1.80 bits per heavy atom. The Hall–Kier alpha value is -3.35. The summed E-state index contributed by atoms with van der Waals surface area (Å²) in [5.74, 6) is 0.989. The van der Waals surface area contributed by atoms with E-state index in [0.29, 0.717) is 29.7 Å². The van der Waals surface area contributed by atoms with Gasteiger partial charge in [0.25, 0.3) is 0 Å². The van der Waals surface area contributed by atoms with Gasteiger partial charge in [0.1, 0.15) is 6.61 Å². The molecule has 0 aliphatic carbocycles. The van der Waals surface area contributed by atoms with Crippen LogP contribution in [0.1, 0.15) is 23.6 Å². The maximum Gasteiger partial charge on any atom is 0.244 e. The van der Waals surface area contributed by atoms with Gasteiger partial charge in [-0.3, -0.25) is 4.79 Å². The summed E-state index contributed by atoms with van der Waals surface area (Å²) in [6, 6.07) is 25.1. The Bertz CT molecular complexity index is 1350. The molecule has 0 aliphatic heterocycles. The standard InChI is InChI=1S/C28H24BrClN2O3/c1-2-34-26-15-20(14-25(29)28(26)35-18-19-10-12-23(30)13-11-19)17-31-32-27(33)16-22-8-5-7-21-6-3-4-9-24(21)22/h3-15,17H,2,16,18H2,1H3,(H,32,33)/b31-17-. The number of hydrogen-bond acceptors (Lipinski definition) is 4. The largest absolute Gasteiger partial charge is 0.490 e. The molecule has 1 amide bonds. The number of ether oxygens (including phenoxy) is 2. The number of fused-ring (bicyclic) bond motifs is 1. The van der Waals surface area contributed by atoms with Crippen molar-refractivity contribution in [1.29, 1.82) is 0 Å². The molecule has 0 aromatic heterocycles. The van der Waals surface area contributed by atoms with Gasteiger partial charge in [-0.05, 0) is 74.6 Å². The van der Waals surface area contributed by atoms with E-state index in [4.69, 9.17) is 21.1 Å². The molecule has 0 bridgehead atoms. The number of amides is 1. The fourth-order valence-electron chi connectivity index (χ4n) is 3.64. The quantitative estimate of drug-likeness (QED) is 0.181. The fourth-order valence-corrected chi connectivity index (χ4v) is 4.34.